The van der Waals surface area contributed by atoms with Crippen molar-refractivity contribution in [2.24, 2.45) is 0 Å². The first-order valence-corrected chi connectivity index (χ1v) is 3.69. The summed E-state index contributed by atoms with van der Waals surface area (Å²) in [7, 11) is 1.39. The van der Waals surface area contributed by atoms with Crippen LogP contribution in [0.5, 0.6) is 0 Å². The van der Waals surface area contributed by atoms with Crippen molar-refractivity contribution in [1.29, 1.82) is 5.41 Å². The van der Waals surface area contributed by atoms with Gasteiger partial charge in [-0.1, -0.05) is 0 Å². The third kappa shape index (κ3) is 1.40. The molecular weight excluding hydrogens is 170 g/mol. The van der Waals surface area contributed by atoms with E-state index >= 15 is 0 Å². The number of nitrogens with two attached hydrogens (primary N) is 1. The zero-order valence-electron chi connectivity index (χ0n) is 7.50. The van der Waals surface area contributed by atoms with E-state index in [1.165, 1.54) is 7.11 Å². The van der Waals surface area contributed by atoms with E-state index in [-0.39, 0.29) is 5.56 Å². The monoisotopic (exact) mass is 181 g/mol. The molecule has 0 unspecified atom stereocenters. The number of nitrogen functional groups attached to an aromatic ring is 1. The Labute approximate surface area is 75.2 Å². The molecule has 1 rings (SSSR count). The minimum atomic E-state index is -0.407. The zero-order valence-corrected chi connectivity index (χ0v) is 7.50. The molecule has 13 heavy (non-hydrogen) atoms. The molecule has 5 heteroatoms. The molecule has 0 aliphatic carbocycles. The summed E-state index contributed by atoms with van der Waals surface area (Å²) in [5.74, 6) is 0. The number of hydrogen-bond donors (Lipinski definition) is 2. The van der Waals surface area contributed by atoms with Crippen molar-refractivity contribution in [3.63, 3.8) is 0 Å². The maximum Gasteiger partial charge on any atom is 0.294 e. The van der Waals surface area contributed by atoms with Crippen LogP contribution in [0.25, 0.3) is 0 Å². The number of aromatic nitrogens is 1. The lowest BCUT2D eigenvalue weighted by atomic mass is 10.2. The lowest BCUT2D eigenvalue weighted by molar-refractivity contribution is 0.151. The van der Waals surface area contributed by atoms with Gasteiger partial charge >= 0.3 is 0 Å². The van der Waals surface area contributed by atoms with Gasteiger partial charge in [-0.25, -0.2) is 0 Å². The molecule has 0 atom stereocenters. The van der Waals surface area contributed by atoms with Crippen molar-refractivity contribution < 1.29 is 4.84 Å². The summed E-state index contributed by atoms with van der Waals surface area (Å²) in [5.41, 5.74) is 6.18. The first kappa shape index (κ1) is 9.31. The van der Waals surface area contributed by atoms with Gasteiger partial charge in [0.05, 0.1) is 11.3 Å². The molecule has 0 bridgehead atoms. The fourth-order valence-corrected chi connectivity index (χ4v) is 1.13. The Hall–Kier alpha value is -1.78. The lowest BCUT2D eigenvalue weighted by Gasteiger charge is -2.09. The van der Waals surface area contributed by atoms with Crippen LogP contribution in [0.4, 0.5) is 5.69 Å². The summed E-state index contributed by atoms with van der Waals surface area (Å²) in [6.07, 6.45) is 0.923. The molecule has 0 spiro atoms. The van der Waals surface area contributed by atoms with Gasteiger partial charge in [0, 0.05) is 11.9 Å². The van der Waals surface area contributed by atoms with E-state index in [0.29, 0.717) is 11.4 Å². The third-order valence-corrected chi connectivity index (χ3v) is 1.74. The smallest absolute Gasteiger partial charge is 0.294 e. The van der Waals surface area contributed by atoms with Crippen molar-refractivity contribution in [2.75, 3.05) is 12.8 Å². The topological polar surface area (TPSA) is 81.1 Å². The van der Waals surface area contributed by atoms with Crippen molar-refractivity contribution in [1.82, 2.24) is 4.73 Å². The maximum absolute atomic E-state index is 11.5. The molecule has 1 aromatic heterocycles. The van der Waals surface area contributed by atoms with Crippen LogP contribution in [0.3, 0.4) is 0 Å². The van der Waals surface area contributed by atoms with Crippen LogP contribution in [0.2, 0.25) is 0 Å². The summed E-state index contributed by atoms with van der Waals surface area (Å²) >= 11 is 0. The standard InChI is InChI=1S/C8H11N3O2/c1-5-3-7(10)6(4-9)8(12)11(5)13-2/h3-4,9H,10H2,1-2H3. The molecule has 1 heterocycles. The predicted molar refractivity (Wildman–Crippen MR) is 50.2 cm³/mol. The van der Waals surface area contributed by atoms with Crippen LogP contribution in [0, 0.1) is 12.3 Å². The maximum atomic E-state index is 11.5. The molecule has 0 aliphatic heterocycles. The normalized spacial score (nSPS) is 9.69. The van der Waals surface area contributed by atoms with Gasteiger partial charge in [-0.05, 0) is 13.0 Å². The molecule has 0 aromatic carbocycles. The Morgan fingerprint density at radius 1 is 1.69 bits per heavy atom. The molecule has 0 fully saturated rings. The molecular formula is C8H11N3O2. The Morgan fingerprint density at radius 3 is 2.77 bits per heavy atom. The minimum absolute atomic E-state index is 0.146. The number of aryl methyl sites for hydroxylation is 1. The Morgan fingerprint density at radius 2 is 2.31 bits per heavy atom. The second-order valence-corrected chi connectivity index (χ2v) is 2.58. The highest BCUT2D eigenvalue weighted by atomic mass is 16.6. The molecule has 3 N–H and O–H groups in total. The Bertz CT molecular complexity index is 395. The van der Waals surface area contributed by atoms with Crippen molar-refractivity contribution in [2.45, 2.75) is 6.92 Å². The van der Waals surface area contributed by atoms with Crippen molar-refractivity contribution >= 4 is 11.9 Å². The van der Waals surface area contributed by atoms with Crippen LogP contribution in [0.15, 0.2) is 10.9 Å². The van der Waals surface area contributed by atoms with Crippen molar-refractivity contribution in [3.8, 4) is 0 Å². The van der Waals surface area contributed by atoms with Crippen LogP contribution in [-0.4, -0.2) is 18.1 Å². The quantitative estimate of drug-likeness (QED) is 0.620. The predicted octanol–water partition coefficient (Wildman–Crippen LogP) is -0.205. The molecule has 1 aromatic rings. The third-order valence-electron chi connectivity index (χ3n) is 1.74. The molecule has 0 saturated carbocycles. The van der Waals surface area contributed by atoms with Gasteiger partial charge < -0.3 is 16.0 Å². The van der Waals surface area contributed by atoms with E-state index < -0.39 is 5.56 Å². The summed E-state index contributed by atoms with van der Waals surface area (Å²) in [6.45, 7) is 1.70. The van der Waals surface area contributed by atoms with Gasteiger partial charge in [-0.3, -0.25) is 4.79 Å². The second-order valence-electron chi connectivity index (χ2n) is 2.58. The van der Waals surface area contributed by atoms with Gasteiger partial charge in [-0.15, -0.1) is 4.73 Å². The summed E-state index contributed by atoms with van der Waals surface area (Å²) in [5, 5.41) is 6.99. The highest BCUT2D eigenvalue weighted by molar-refractivity contribution is 5.84. The Kier molecular flexibility index (Phi) is 2.36. The average molecular weight is 181 g/mol. The molecule has 0 saturated heterocycles. The van der Waals surface area contributed by atoms with Gasteiger partial charge in [0.25, 0.3) is 5.56 Å². The lowest BCUT2D eigenvalue weighted by Crippen LogP contribution is -2.30. The van der Waals surface area contributed by atoms with E-state index in [2.05, 4.69) is 0 Å². The average Bonchev–Trinajstić information content (AvgIpc) is 2.04. The van der Waals surface area contributed by atoms with Gasteiger partial charge in [0.15, 0.2) is 0 Å². The fraction of sp³-hybridized carbons (Fsp3) is 0.250. The number of nitrogens with zero attached hydrogens (tertiary/aromatic N) is 1. The molecule has 0 aliphatic rings. The van der Waals surface area contributed by atoms with E-state index in [1.807, 2.05) is 0 Å². The Balaban J connectivity index is 3.58. The molecule has 5 nitrogen and oxygen atoms in total. The van der Waals surface area contributed by atoms with E-state index in [1.54, 1.807) is 13.0 Å². The number of rotatable bonds is 2. The zero-order chi connectivity index (χ0) is 10.0. The van der Waals surface area contributed by atoms with Gasteiger partial charge in [-0.2, -0.15) is 0 Å². The van der Waals surface area contributed by atoms with Crippen molar-refractivity contribution in [3.05, 3.63) is 27.7 Å². The fourth-order valence-electron chi connectivity index (χ4n) is 1.13. The van der Waals surface area contributed by atoms with Gasteiger partial charge in [0.1, 0.15) is 7.11 Å². The van der Waals surface area contributed by atoms with E-state index in [4.69, 9.17) is 16.0 Å². The summed E-state index contributed by atoms with van der Waals surface area (Å²) in [6, 6.07) is 1.59. The molecule has 0 amide bonds. The summed E-state index contributed by atoms with van der Waals surface area (Å²) < 4.78 is 1.09. The first-order chi connectivity index (χ1) is 6.11. The summed E-state index contributed by atoms with van der Waals surface area (Å²) in [4.78, 5) is 16.3. The SMILES string of the molecule is COn1c(C)cc(N)c(C=N)c1=O. The highest BCUT2D eigenvalue weighted by Gasteiger charge is 2.08. The molecule has 70 valence electrons. The van der Waals surface area contributed by atoms with E-state index in [9.17, 15) is 4.79 Å². The first-order valence-electron chi connectivity index (χ1n) is 3.69. The molecule has 0 radical (unpaired) electrons. The number of nitrogens with one attached hydrogen (secondary N) is 1. The highest BCUT2D eigenvalue weighted by Crippen LogP contribution is 2.05. The van der Waals surface area contributed by atoms with E-state index in [0.717, 1.165) is 10.9 Å². The second kappa shape index (κ2) is 3.30. The van der Waals surface area contributed by atoms with Crippen LogP contribution >= 0.6 is 0 Å². The largest absolute Gasteiger partial charge is 0.414 e. The minimum Gasteiger partial charge on any atom is -0.414 e. The van der Waals surface area contributed by atoms with Crippen LogP contribution < -0.4 is 16.1 Å². The number of hydrogen-bond acceptors (Lipinski definition) is 4. The van der Waals surface area contributed by atoms with Crippen LogP contribution in [-0.2, 0) is 0 Å². The number of pyridine rings is 1. The van der Waals surface area contributed by atoms with Crippen LogP contribution in [0.1, 0.15) is 11.3 Å². The number of anilines is 1. The van der Waals surface area contributed by atoms with Gasteiger partial charge in [0.2, 0.25) is 0 Å².